The van der Waals surface area contributed by atoms with E-state index in [4.69, 9.17) is 17.0 Å². The van der Waals surface area contributed by atoms with Crippen molar-refractivity contribution < 1.29 is 19.1 Å². The number of thiocarbonyl (C=S) groups is 1. The van der Waals surface area contributed by atoms with Gasteiger partial charge in [0.15, 0.2) is 5.11 Å². The molecule has 2 N–H and O–H groups in total. The van der Waals surface area contributed by atoms with Gasteiger partial charge in [0.2, 0.25) is 0 Å². The second-order valence-electron chi connectivity index (χ2n) is 4.65. The summed E-state index contributed by atoms with van der Waals surface area (Å²) in [6, 6.07) is 6.15. The van der Waals surface area contributed by atoms with Crippen LogP contribution in [0.2, 0.25) is 0 Å². The summed E-state index contributed by atoms with van der Waals surface area (Å²) in [7, 11) is 4.58. The molecule has 0 unspecified atom stereocenters. The summed E-state index contributed by atoms with van der Waals surface area (Å²) in [6.07, 6.45) is 0.813. The highest BCUT2D eigenvalue weighted by Gasteiger charge is 2.12. The first-order chi connectivity index (χ1) is 11.0. The molecule has 0 fully saturated rings. The number of hydrogen-bond acceptors (Lipinski definition) is 5. The summed E-state index contributed by atoms with van der Waals surface area (Å²) in [5, 5.41) is 4.84. The molecule has 0 radical (unpaired) electrons. The Morgan fingerprint density at radius 3 is 2.35 bits per heavy atom. The lowest BCUT2D eigenvalue weighted by molar-refractivity contribution is 0.0600. The minimum absolute atomic E-state index is 0.329. The SMILES string of the molecule is COCCCNC(=S)N(C)NC(=O)c1ccc(C(=O)OC)cc1. The molecule has 0 aromatic heterocycles. The van der Waals surface area contributed by atoms with Gasteiger partial charge in [0.05, 0.1) is 12.7 Å². The fourth-order valence-electron chi connectivity index (χ4n) is 1.67. The highest BCUT2D eigenvalue weighted by molar-refractivity contribution is 7.80. The van der Waals surface area contributed by atoms with Gasteiger partial charge in [-0.3, -0.25) is 15.2 Å². The Morgan fingerprint density at radius 1 is 1.17 bits per heavy atom. The van der Waals surface area contributed by atoms with Crippen LogP contribution in [0.15, 0.2) is 24.3 Å². The zero-order valence-corrected chi connectivity index (χ0v) is 14.2. The largest absolute Gasteiger partial charge is 0.465 e. The Hall–Kier alpha value is -2.19. The van der Waals surface area contributed by atoms with Crippen molar-refractivity contribution in [2.75, 3.05) is 34.4 Å². The number of nitrogens with zero attached hydrogens (tertiary/aromatic N) is 1. The highest BCUT2D eigenvalue weighted by atomic mass is 32.1. The molecule has 8 heteroatoms. The van der Waals surface area contributed by atoms with Gasteiger partial charge in [0, 0.05) is 32.9 Å². The van der Waals surface area contributed by atoms with Crippen LogP contribution in [0.1, 0.15) is 27.1 Å². The van der Waals surface area contributed by atoms with Gasteiger partial charge >= 0.3 is 5.97 Å². The van der Waals surface area contributed by atoms with Gasteiger partial charge < -0.3 is 14.8 Å². The molecule has 0 atom stereocenters. The Morgan fingerprint density at radius 2 is 1.78 bits per heavy atom. The zero-order valence-electron chi connectivity index (χ0n) is 13.4. The fourth-order valence-corrected chi connectivity index (χ4v) is 1.82. The minimum atomic E-state index is -0.449. The van der Waals surface area contributed by atoms with Crippen molar-refractivity contribution in [3.05, 3.63) is 35.4 Å². The maximum atomic E-state index is 12.1. The lowest BCUT2D eigenvalue weighted by Crippen LogP contribution is -2.48. The number of carbonyl (C=O) groups is 2. The van der Waals surface area contributed by atoms with Crippen molar-refractivity contribution >= 4 is 29.2 Å². The first kappa shape index (κ1) is 18.9. The molecular weight excluding hydrogens is 318 g/mol. The standard InChI is InChI=1S/C15H21N3O4S/c1-18(15(23)16-9-4-10-21-2)17-13(19)11-5-7-12(8-6-11)14(20)22-3/h5-8H,4,9-10H2,1-3H3,(H,16,23)(H,17,19). The molecule has 0 saturated heterocycles. The third kappa shape index (κ3) is 6.21. The molecule has 0 heterocycles. The number of nitrogens with one attached hydrogen (secondary N) is 2. The topological polar surface area (TPSA) is 79.9 Å². The molecular formula is C15H21N3O4S. The average molecular weight is 339 g/mol. The van der Waals surface area contributed by atoms with E-state index in [-0.39, 0.29) is 5.91 Å². The van der Waals surface area contributed by atoms with Crippen molar-refractivity contribution in [1.82, 2.24) is 15.8 Å². The van der Waals surface area contributed by atoms with E-state index >= 15 is 0 Å². The molecule has 7 nitrogen and oxygen atoms in total. The number of carbonyl (C=O) groups excluding carboxylic acids is 2. The van der Waals surface area contributed by atoms with E-state index in [1.807, 2.05) is 0 Å². The third-order valence-corrected chi connectivity index (χ3v) is 3.36. The Bertz CT molecular complexity index is 548. The molecule has 0 aliphatic heterocycles. The van der Waals surface area contributed by atoms with Gasteiger partial charge in [0.25, 0.3) is 5.91 Å². The van der Waals surface area contributed by atoms with Gasteiger partial charge in [-0.2, -0.15) is 0 Å². The van der Waals surface area contributed by atoms with E-state index in [1.54, 1.807) is 26.3 Å². The summed E-state index contributed by atoms with van der Waals surface area (Å²) >= 11 is 5.16. The quantitative estimate of drug-likeness (QED) is 0.346. The predicted octanol–water partition coefficient (Wildman–Crippen LogP) is 0.961. The molecule has 1 rings (SSSR count). The average Bonchev–Trinajstić information content (AvgIpc) is 2.57. The van der Waals surface area contributed by atoms with Crippen molar-refractivity contribution in [2.24, 2.45) is 0 Å². The summed E-state index contributed by atoms with van der Waals surface area (Å²) < 4.78 is 9.55. The monoisotopic (exact) mass is 339 g/mol. The van der Waals surface area contributed by atoms with Crippen LogP contribution in [0.3, 0.4) is 0 Å². The van der Waals surface area contributed by atoms with Crippen LogP contribution in [0, 0.1) is 0 Å². The molecule has 23 heavy (non-hydrogen) atoms. The van der Waals surface area contributed by atoms with E-state index in [1.165, 1.54) is 24.3 Å². The van der Waals surface area contributed by atoms with Crippen LogP contribution in [0.5, 0.6) is 0 Å². The molecule has 0 aliphatic rings. The summed E-state index contributed by atoms with van der Waals surface area (Å²) in [4.78, 5) is 23.5. The first-order valence-electron chi connectivity index (χ1n) is 6.99. The van der Waals surface area contributed by atoms with Gasteiger partial charge in [-0.25, -0.2) is 4.79 Å². The zero-order chi connectivity index (χ0) is 17.2. The van der Waals surface area contributed by atoms with Crippen molar-refractivity contribution in [2.45, 2.75) is 6.42 Å². The Labute approximate surface area is 140 Å². The lowest BCUT2D eigenvalue weighted by atomic mass is 10.1. The number of benzene rings is 1. The summed E-state index contributed by atoms with van der Waals surface area (Å²) in [6.45, 7) is 1.29. The van der Waals surface area contributed by atoms with Crippen LogP contribution in [0.4, 0.5) is 0 Å². The van der Waals surface area contributed by atoms with Crippen molar-refractivity contribution in [3.8, 4) is 0 Å². The minimum Gasteiger partial charge on any atom is -0.465 e. The normalized spacial score (nSPS) is 9.87. The number of hydrazine groups is 1. The molecule has 126 valence electrons. The predicted molar refractivity (Wildman–Crippen MR) is 90.1 cm³/mol. The van der Waals surface area contributed by atoms with Gasteiger partial charge in [-0.05, 0) is 42.9 Å². The number of methoxy groups -OCH3 is 2. The van der Waals surface area contributed by atoms with Crippen molar-refractivity contribution in [1.29, 1.82) is 0 Å². The maximum absolute atomic E-state index is 12.1. The van der Waals surface area contributed by atoms with E-state index in [0.29, 0.717) is 29.4 Å². The first-order valence-corrected chi connectivity index (χ1v) is 7.40. The number of amides is 1. The summed E-state index contributed by atoms with van der Waals surface area (Å²) in [5.41, 5.74) is 3.43. The molecule has 0 saturated carbocycles. The fraction of sp³-hybridized carbons (Fsp3) is 0.400. The number of esters is 1. The molecule has 0 aliphatic carbocycles. The highest BCUT2D eigenvalue weighted by Crippen LogP contribution is 2.06. The van der Waals surface area contributed by atoms with Crippen molar-refractivity contribution in [3.63, 3.8) is 0 Å². The Kier molecular flexibility index (Phi) is 8.00. The lowest BCUT2D eigenvalue weighted by Gasteiger charge is -2.21. The number of ether oxygens (including phenoxy) is 2. The molecule has 1 amide bonds. The number of rotatable bonds is 6. The van der Waals surface area contributed by atoms with Crippen LogP contribution in [0.25, 0.3) is 0 Å². The van der Waals surface area contributed by atoms with Gasteiger partial charge in [-0.15, -0.1) is 0 Å². The maximum Gasteiger partial charge on any atom is 0.337 e. The Balaban J connectivity index is 2.51. The van der Waals surface area contributed by atoms with E-state index < -0.39 is 5.97 Å². The van der Waals surface area contributed by atoms with E-state index in [9.17, 15) is 9.59 Å². The molecule has 1 aromatic carbocycles. The van der Waals surface area contributed by atoms with Crippen LogP contribution in [-0.2, 0) is 9.47 Å². The van der Waals surface area contributed by atoms with Crippen LogP contribution >= 0.6 is 12.2 Å². The second kappa shape index (κ2) is 9.75. The molecule has 0 bridgehead atoms. The smallest absolute Gasteiger partial charge is 0.337 e. The van der Waals surface area contributed by atoms with Gasteiger partial charge in [0.1, 0.15) is 0 Å². The second-order valence-corrected chi connectivity index (χ2v) is 5.03. The van der Waals surface area contributed by atoms with Gasteiger partial charge in [-0.1, -0.05) is 0 Å². The van der Waals surface area contributed by atoms with E-state index in [0.717, 1.165) is 6.42 Å². The molecule has 1 aromatic rings. The third-order valence-electron chi connectivity index (χ3n) is 2.94. The number of hydrogen-bond donors (Lipinski definition) is 2. The van der Waals surface area contributed by atoms with Crippen LogP contribution < -0.4 is 10.7 Å². The van der Waals surface area contributed by atoms with E-state index in [2.05, 4.69) is 15.5 Å². The molecule has 0 spiro atoms. The summed E-state index contributed by atoms with van der Waals surface area (Å²) in [5.74, 6) is -0.777. The van der Waals surface area contributed by atoms with Crippen LogP contribution in [-0.4, -0.2) is 56.4 Å².